The van der Waals surface area contributed by atoms with Crippen molar-refractivity contribution in [2.45, 2.75) is 36.7 Å². The van der Waals surface area contributed by atoms with Crippen molar-refractivity contribution in [2.24, 2.45) is 0 Å². The highest BCUT2D eigenvalue weighted by molar-refractivity contribution is 7.91. The van der Waals surface area contributed by atoms with E-state index in [0.29, 0.717) is 4.90 Å². The van der Waals surface area contributed by atoms with E-state index in [1.807, 2.05) is 12.1 Å². The predicted octanol–water partition coefficient (Wildman–Crippen LogP) is 1.91. The zero-order valence-electron chi connectivity index (χ0n) is 10.4. The topological polar surface area (TPSA) is 46.2 Å². The average molecular weight is 263 g/mol. The van der Waals surface area contributed by atoms with Gasteiger partial charge in [-0.15, -0.1) is 6.42 Å². The van der Waals surface area contributed by atoms with Crippen molar-refractivity contribution < 1.29 is 8.42 Å². The van der Waals surface area contributed by atoms with Gasteiger partial charge in [-0.3, -0.25) is 5.32 Å². The van der Waals surface area contributed by atoms with Crippen molar-refractivity contribution in [3.8, 4) is 12.3 Å². The van der Waals surface area contributed by atoms with Gasteiger partial charge in [-0.05, 0) is 18.1 Å². The number of hydrogen-bond donors (Lipinski definition) is 1. The summed E-state index contributed by atoms with van der Waals surface area (Å²) in [5.41, 5.74) is 0.842. The van der Waals surface area contributed by atoms with Crippen LogP contribution in [0.5, 0.6) is 0 Å². The van der Waals surface area contributed by atoms with Gasteiger partial charge in [0, 0.05) is 6.04 Å². The lowest BCUT2D eigenvalue weighted by atomic mass is 10.1. The maximum Gasteiger partial charge on any atom is 0.180 e. The minimum Gasteiger partial charge on any atom is -0.296 e. The molecule has 2 unspecified atom stereocenters. The molecule has 0 radical (unpaired) electrons. The molecular weight excluding hydrogens is 246 g/mol. The highest BCUT2D eigenvalue weighted by Gasteiger charge is 2.34. The Morgan fingerprint density at radius 1 is 1.50 bits per heavy atom. The Kier molecular flexibility index (Phi) is 3.74. The van der Waals surface area contributed by atoms with Gasteiger partial charge in [0.15, 0.2) is 9.84 Å². The smallest absolute Gasteiger partial charge is 0.180 e. The SMILES string of the molecule is C#CC(CCC)NC1CS(=O)(=O)c2ccccc21. The summed E-state index contributed by atoms with van der Waals surface area (Å²) in [4.78, 5) is 0.440. The predicted molar refractivity (Wildman–Crippen MR) is 71.9 cm³/mol. The maximum atomic E-state index is 12.0. The van der Waals surface area contributed by atoms with Crippen LogP contribution < -0.4 is 5.32 Å². The third-order valence-electron chi connectivity index (χ3n) is 3.20. The van der Waals surface area contributed by atoms with Crippen molar-refractivity contribution in [3.63, 3.8) is 0 Å². The molecule has 1 aromatic carbocycles. The molecule has 3 nitrogen and oxygen atoms in total. The van der Waals surface area contributed by atoms with E-state index in [4.69, 9.17) is 6.42 Å². The van der Waals surface area contributed by atoms with Crippen LogP contribution in [0.25, 0.3) is 0 Å². The van der Waals surface area contributed by atoms with Crippen LogP contribution in [0.4, 0.5) is 0 Å². The van der Waals surface area contributed by atoms with E-state index in [2.05, 4.69) is 18.2 Å². The number of benzene rings is 1. The summed E-state index contributed by atoms with van der Waals surface area (Å²) in [7, 11) is -3.15. The third kappa shape index (κ3) is 2.43. The molecule has 0 fully saturated rings. The first-order chi connectivity index (χ1) is 8.58. The number of sulfone groups is 1. The zero-order valence-corrected chi connectivity index (χ0v) is 11.2. The summed E-state index contributed by atoms with van der Waals surface area (Å²) in [5.74, 6) is 2.79. The number of fused-ring (bicyclic) bond motifs is 1. The highest BCUT2D eigenvalue weighted by atomic mass is 32.2. The lowest BCUT2D eigenvalue weighted by Crippen LogP contribution is -2.32. The fourth-order valence-corrected chi connectivity index (χ4v) is 4.08. The second-order valence-electron chi connectivity index (χ2n) is 4.55. The normalized spacial score (nSPS) is 22.1. The van der Waals surface area contributed by atoms with Gasteiger partial charge in [0.2, 0.25) is 0 Å². The molecular formula is C14H17NO2S. The van der Waals surface area contributed by atoms with Gasteiger partial charge in [-0.2, -0.15) is 0 Å². The van der Waals surface area contributed by atoms with Gasteiger partial charge < -0.3 is 0 Å². The van der Waals surface area contributed by atoms with Gasteiger partial charge in [-0.25, -0.2) is 8.42 Å². The molecule has 1 aliphatic heterocycles. The van der Waals surface area contributed by atoms with Crippen LogP contribution in [0.3, 0.4) is 0 Å². The van der Waals surface area contributed by atoms with E-state index in [1.54, 1.807) is 12.1 Å². The molecule has 1 aromatic rings. The molecule has 18 heavy (non-hydrogen) atoms. The van der Waals surface area contributed by atoms with Gasteiger partial charge in [0.05, 0.1) is 16.7 Å². The minimum atomic E-state index is -3.15. The molecule has 0 saturated heterocycles. The summed E-state index contributed by atoms with van der Waals surface area (Å²) in [6.45, 7) is 2.06. The van der Waals surface area contributed by atoms with E-state index < -0.39 is 9.84 Å². The van der Waals surface area contributed by atoms with Crippen LogP contribution in [-0.2, 0) is 9.84 Å². The second kappa shape index (κ2) is 5.13. The molecule has 0 aliphatic carbocycles. The largest absolute Gasteiger partial charge is 0.296 e. The summed E-state index contributed by atoms with van der Waals surface area (Å²) >= 11 is 0. The third-order valence-corrected chi connectivity index (χ3v) is 5.01. The number of nitrogens with one attached hydrogen (secondary N) is 1. The molecule has 4 heteroatoms. The molecule has 0 saturated carbocycles. The first kappa shape index (κ1) is 13.1. The summed E-state index contributed by atoms with van der Waals surface area (Å²) in [5, 5.41) is 3.26. The molecule has 0 bridgehead atoms. The van der Waals surface area contributed by atoms with Crippen LogP contribution in [0, 0.1) is 12.3 Å². The Labute approximate surface area is 109 Å². The molecule has 2 rings (SSSR count). The van der Waals surface area contributed by atoms with Crippen molar-refractivity contribution in [3.05, 3.63) is 29.8 Å². The molecule has 0 amide bonds. The molecule has 0 aromatic heterocycles. The van der Waals surface area contributed by atoms with Crippen LogP contribution in [-0.4, -0.2) is 20.2 Å². The summed E-state index contributed by atoms with van der Waals surface area (Å²) < 4.78 is 24.0. The molecule has 1 N–H and O–H groups in total. The Morgan fingerprint density at radius 2 is 2.22 bits per heavy atom. The first-order valence-corrected chi connectivity index (χ1v) is 7.77. The van der Waals surface area contributed by atoms with Gasteiger partial charge in [0.1, 0.15) is 0 Å². The van der Waals surface area contributed by atoms with Crippen LogP contribution in [0.1, 0.15) is 31.4 Å². The molecule has 2 atom stereocenters. The van der Waals surface area contributed by atoms with Crippen molar-refractivity contribution in [1.29, 1.82) is 0 Å². The van der Waals surface area contributed by atoms with E-state index in [0.717, 1.165) is 18.4 Å². The number of terminal acetylenes is 1. The van der Waals surface area contributed by atoms with Gasteiger partial charge in [-0.1, -0.05) is 37.5 Å². The Morgan fingerprint density at radius 3 is 2.89 bits per heavy atom. The van der Waals surface area contributed by atoms with Gasteiger partial charge in [0.25, 0.3) is 0 Å². The van der Waals surface area contributed by atoms with Crippen LogP contribution >= 0.6 is 0 Å². The molecule has 0 spiro atoms. The average Bonchev–Trinajstić information content (AvgIpc) is 2.61. The lowest BCUT2D eigenvalue weighted by Gasteiger charge is -2.18. The van der Waals surface area contributed by atoms with E-state index in [9.17, 15) is 8.42 Å². The highest BCUT2D eigenvalue weighted by Crippen LogP contribution is 2.33. The van der Waals surface area contributed by atoms with Crippen LogP contribution in [0.2, 0.25) is 0 Å². The Bertz CT molecular complexity index is 572. The molecule has 1 heterocycles. The molecule has 96 valence electrons. The van der Waals surface area contributed by atoms with E-state index >= 15 is 0 Å². The lowest BCUT2D eigenvalue weighted by molar-refractivity contribution is 0.497. The van der Waals surface area contributed by atoms with Crippen LogP contribution in [0.15, 0.2) is 29.2 Å². The van der Waals surface area contributed by atoms with Gasteiger partial charge >= 0.3 is 0 Å². The quantitative estimate of drug-likeness (QED) is 0.844. The van der Waals surface area contributed by atoms with Crippen molar-refractivity contribution in [2.75, 3.05) is 5.75 Å². The minimum absolute atomic E-state index is 0.0682. The maximum absolute atomic E-state index is 12.0. The zero-order chi connectivity index (χ0) is 13.2. The first-order valence-electron chi connectivity index (χ1n) is 6.12. The van der Waals surface area contributed by atoms with E-state index in [1.165, 1.54) is 0 Å². The fraction of sp³-hybridized carbons (Fsp3) is 0.429. The standard InChI is InChI=1S/C14H17NO2S/c1-3-7-11(4-2)15-13-10-18(16,17)14-9-6-5-8-12(13)14/h2,5-6,8-9,11,13,15H,3,7,10H2,1H3. The molecule has 1 aliphatic rings. The fourth-order valence-electron chi connectivity index (χ4n) is 2.33. The van der Waals surface area contributed by atoms with Crippen molar-refractivity contribution >= 4 is 9.84 Å². The van der Waals surface area contributed by atoms with E-state index in [-0.39, 0.29) is 17.8 Å². The summed E-state index contributed by atoms with van der Waals surface area (Å²) in [6.07, 6.45) is 7.29. The Balaban J connectivity index is 2.26. The monoisotopic (exact) mass is 263 g/mol. The number of rotatable bonds is 4. The second-order valence-corrected chi connectivity index (χ2v) is 6.55. The Hall–Kier alpha value is -1.31. The summed E-state index contributed by atoms with van der Waals surface area (Å²) in [6, 6.07) is 6.89. The van der Waals surface area contributed by atoms with Crippen molar-refractivity contribution in [1.82, 2.24) is 5.32 Å². The number of hydrogen-bond acceptors (Lipinski definition) is 3.